The molecule has 0 unspecified atom stereocenters. The van der Waals surface area contributed by atoms with Gasteiger partial charge in [0.1, 0.15) is 11.4 Å². The number of carbonyl (C=O) groups is 1. The molecule has 0 aliphatic carbocycles. The van der Waals surface area contributed by atoms with Gasteiger partial charge >= 0.3 is 0 Å². The molecule has 0 radical (unpaired) electrons. The van der Waals surface area contributed by atoms with E-state index in [0.717, 1.165) is 16.9 Å². The first-order valence-electron chi connectivity index (χ1n) is 10.2. The minimum absolute atomic E-state index is 0.0491. The van der Waals surface area contributed by atoms with Crippen LogP contribution in [-0.4, -0.2) is 35.2 Å². The number of aromatic nitrogens is 2. The number of amides is 1. The van der Waals surface area contributed by atoms with Crippen molar-refractivity contribution in [2.75, 3.05) is 19.8 Å². The number of nitrogens with zero attached hydrogens (tertiary/aromatic N) is 2. The third-order valence-corrected chi connectivity index (χ3v) is 5.76. The number of aryl methyl sites for hydroxylation is 1. The Hall–Kier alpha value is -2.87. The number of fused-ring (bicyclic) bond motifs is 1. The monoisotopic (exact) mass is 429 g/mol. The summed E-state index contributed by atoms with van der Waals surface area (Å²) < 4.78 is 12.6. The van der Waals surface area contributed by atoms with E-state index in [-0.39, 0.29) is 18.0 Å². The molecule has 0 aliphatic rings. The van der Waals surface area contributed by atoms with Gasteiger partial charge in [0, 0.05) is 11.4 Å². The van der Waals surface area contributed by atoms with Crippen LogP contribution in [0.15, 0.2) is 35.4 Å². The largest absolute Gasteiger partial charge is 0.490 e. The zero-order valence-corrected chi connectivity index (χ0v) is 18.4. The van der Waals surface area contributed by atoms with Crippen LogP contribution in [0.1, 0.15) is 31.2 Å². The fraction of sp³-hybridized carbons (Fsp3) is 0.409. The standard InChI is InChI=1S/C22H27N3O4S/c1-4-16-12-17-21(30-16)24-14-25(22(17)27)13-20(26)23-10-9-15-7-8-18(28-5-2)19(11-15)29-6-3/h7-8,11-12,14H,4-6,9-10,13H2,1-3H3,(H,23,26). The van der Waals surface area contributed by atoms with Crippen molar-refractivity contribution in [3.63, 3.8) is 0 Å². The lowest BCUT2D eigenvalue weighted by Gasteiger charge is -2.13. The minimum atomic E-state index is -0.222. The smallest absolute Gasteiger partial charge is 0.262 e. The molecule has 3 rings (SSSR count). The second kappa shape index (κ2) is 10.2. The lowest BCUT2D eigenvalue weighted by molar-refractivity contribution is -0.121. The third-order valence-electron chi connectivity index (χ3n) is 4.58. The molecule has 160 valence electrons. The SMILES string of the molecule is CCOc1ccc(CCNC(=O)Cn2cnc3sc(CC)cc3c2=O)cc1OCC. The van der Waals surface area contributed by atoms with E-state index in [1.54, 1.807) is 0 Å². The lowest BCUT2D eigenvalue weighted by atomic mass is 10.1. The molecule has 2 heterocycles. The van der Waals surface area contributed by atoms with Gasteiger partial charge in [-0.3, -0.25) is 14.2 Å². The van der Waals surface area contributed by atoms with Crippen molar-refractivity contribution >= 4 is 27.5 Å². The van der Waals surface area contributed by atoms with Crippen molar-refractivity contribution in [1.82, 2.24) is 14.9 Å². The van der Waals surface area contributed by atoms with Crippen LogP contribution in [0.3, 0.4) is 0 Å². The van der Waals surface area contributed by atoms with E-state index in [0.29, 0.717) is 47.9 Å². The molecule has 1 aromatic carbocycles. The zero-order valence-electron chi connectivity index (χ0n) is 17.6. The van der Waals surface area contributed by atoms with Gasteiger partial charge in [0.25, 0.3) is 5.56 Å². The fourth-order valence-electron chi connectivity index (χ4n) is 3.10. The molecule has 7 nitrogen and oxygen atoms in total. The second-order valence-electron chi connectivity index (χ2n) is 6.71. The molecule has 0 aliphatic heterocycles. The van der Waals surface area contributed by atoms with Gasteiger partial charge in [0.2, 0.25) is 5.91 Å². The fourth-order valence-corrected chi connectivity index (χ4v) is 4.03. The van der Waals surface area contributed by atoms with Gasteiger partial charge in [-0.15, -0.1) is 11.3 Å². The molecule has 1 N–H and O–H groups in total. The predicted octanol–water partition coefficient (Wildman–Crippen LogP) is 3.18. The number of ether oxygens (including phenoxy) is 2. The molecular weight excluding hydrogens is 402 g/mol. The molecule has 0 bridgehead atoms. The topological polar surface area (TPSA) is 82.5 Å². The molecule has 3 aromatic rings. The Kier molecular flexibility index (Phi) is 7.46. The summed E-state index contributed by atoms with van der Waals surface area (Å²) in [6.45, 7) is 7.43. The first-order chi connectivity index (χ1) is 14.5. The quantitative estimate of drug-likeness (QED) is 0.535. The average molecular weight is 430 g/mol. The van der Waals surface area contributed by atoms with Crippen molar-refractivity contribution < 1.29 is 14.3 Å². The van der Waals surface area contributed by atoms with Crippen LogP contribution in [0.25, 0.3) is 10.2 Å². The summed E-state index contributed by atoms with van der Waals surface area (Å²) in [6.07, 6.45) is 2.95. The zero-order chi connectivity index (χ0) is 21.5. The maximum atomic E-state index is 12.6. The van der Waals surface area contributed by atoms with Crippen molar-refractivity contribution in [3.8, 4) is 11.5 Å². The molecule has 30 heavy (non-hydrogen) atoms. The Morgan fingerprint density at radius 3 is 2.63 bits per heavy atom. The van der Waals surface area contributed by atoms with Crippen LogP contribution in [0, 0.1) is 0 Å². The van der Waals surface area contributed by atoms with E-state index >= 15 is 0 Å². The average Bonchev–Trinajstić information content (AvgIpc) is 3.17. The first kappa shape index (κ1) is 21.8. The molecule has 0 atom stereocenters. The highest BCUT2D eigenvalue weighted by Gasteiger charge is 2.11. The van der Waals surface area contributed by atoms with Gasteiger partial charge in [-0.05, 0) is 50.5 Å². The highest BCUT2D eigenvalue weighted by Crippen LogP contribution is 2.28. The number of hydrogen-bond donors (Lipinski definition) is 1. The van der Waals surface area contributed by atoms with E-state index < -0.39 is 0 Å². The first-order valence-corrected chi connectivity index (χ1v) is 11.0. The molecule has 8 heteroatoms. The Balaban J connectivity index is 1.59. The lowest BCUT2D eigenvalue weighted by Crippen LogP contribution is -2.33. The normalized spacial score (nSPS) is 10.9. The van der Waals surface area contributed by atoms with E-state index in [2.05, 4.69) is 10.3 Å². The van der Waals surface area contributed by atoms with Gasteiger partial charge in [-0.2, -0.15) is 0 Å². The Labute approximate surface area is 179 Å². The van der Waals surface area contributed by atoms with Crippen molar-refractivity contribution in [3.05, 3.63) is 51.4 Å². The van der Waals surface area contributed by atoms with E-state index in [4.69, 9.17) is 9.47 Å². The molecule has 2 aromatic heterocycles. The molecular formula is C22H27N3O4S. The van der Waals surface area contributed by atoms with Gasteiger partial charge in [-0.1, -0.05) is 13.0 Å². The summed E-state index contributed by atoms with van der Waals surface area (Å²) in [5, 5.41) is 3.44. The summed E-state index contributed by atoms with van der Waals surface area (Å²) in [7, 11) is 0. The minimum Gasteiger partial charge on any atom is -0.490 e. The van der Waals surface area contributed by atoms with Crippen molar-refractivity contribution in [2.45, 2.75) is 40.2 Å². The maximum Gasteiger partial charge on any atom is 0.262 e. The van der Waals surface area contributed by atoms with Gasteiger partial charge in [0.05, 0.1) is 24.9 Å². The van der Waals surface area contributed by atoms with Crippen LogP contribution in [0.4, 0.5) is 0 Å². The van der Waals surface area contributed by atoms with Crippen LogP contribution in [-0.2, 0) is 24.2 Å². The highest BCUT2D eigenvalue weighted by atomic mass is 32.1. The number of nitrogens with one attached hydrogen (secondary N) is 1. The van der Waals surface area contributed by atoms with E-state index in [1.165, 1.54) is 22.2 Å². The highest BCUT2D eigenvalue weighted by molar-refractivity contribution is 7.18. The Bertz CT molecular complexity index is 1070. The summed E-state index contributed by atoms with van der Waals surface area (Å²) in [6, 6.07) is 7.65. The maximum absolute atomic E-state index is 12.6. The molecule has 1 amide bonds. The molecule has 0 fully saturated rings. The molecule has 0 saturated carbocycles. The number of rotatable bonds is 10. The van der Waals surface area contributed by atoms with Crippen LogP contribution in [0.2, 0.25) is 0 Å². The van der Waals surface area contributed by atoms with Crippen molar-refractivity contribution in [1.29, 1.82) is 0 Å². The summed E-state index contributed by atoms with van der Waals surface area (Å²) >= 11 is 1.51. The number of benzene rings is 1. The van der Waals surface area contributed by atoms with Crippen molar-refractivity contribution in [2.24, 2.45) is 0 Å². The Morgan fingerprint density at radius 1 is 1.13 bits per heavy atom. The predicted molar refractivity (Wildman–Crippen MR) is 119 cm³/mol. The third kappa shape index (κ3) is 5.18. The van der Waals surface area contributed by atoms with Crippen LogP contribution < -0.4 is 20.3 Å². The molecule has 0 saturated heterocycles. The van der Waals surface area contributed by atoms with Crippen LogP contribution >= 0.6 is 11.3 Å². The van der Waals surface area contributed by atoms with Gasteiger partial charge in [0.15, 0.2) is 11.5 Å². The summed E-state index contributed by atoms with van der Waals surface area (Å²) in [5.41, 5.74) is 0.854. The number of carbonyl (C=O) groups excluding carboxylic acids is 1. The number of hydrogen-bond acceptors (Lipinski definition) is 6. The van der Waals surface area contributed by atoms with Gasteiger partial charge in [-0.25, -0.2) is 4.98 Å². The summed E-state index contributed by atoms with van der Waals surface area (Å²) in [5.74, 6) is 1.20. The Morgan fingerprint density at radius 2 is 1.90 bits per heavy atom. The van der Waals surface area contributed by atoms with Crippen LogP contribution in [0.5, 0.6) is 11.5 Å². The number of thiophene rings is 1. The van der Waals surface area contributed by atoms with E-state index in [1.807, 2.05) is 45.0 Å². The van der Waals surface area contributed by atoms with E-state index in [9.17, 15) is 9.59 Å². The summed E-state index contributed by atoms with van der Waals surface area (Å²) in [4.78, 5) is 31.1. The van der Waals surface area contributed by atoms with Gasteiger partial charge < -0.3 is 14.8 Å². The molecule has 0 spiro atoms. The second-order valence-corrected chi connectivity index (χ2v) is 7.82.